The number of aromatic nitrogens is 2. The van der Waals surface area contributed by atoms with Crippen molar-refractivity contribution >= 4 is 0 Å². The van der Waals surface area contributed by atoms with Gasteiger partial charge in [0.2, 0.25) is 0 Å². The molecule has 0 saturated heterocycles. The zero-order chi connectivity index (χ0) is 12.1. The molecule has 0 aliphatic carbocycles. The molecule has 1 unspecified atom stereocenters. The van der Waals surface area contributed by atoms with Gasteiger partial charge in [-0.15, -0.1) is 0 Å². The van der Waals surface area contributed by atoms with Crippen LogP contribution in [0.1, 0.15) is 37.5 Å². The number of aliphatic hydroxyl groups excluding tert-OH is 1. The van der Waals surface area contributed by atoms with E-state index < -0.39 is 6.10 Å². The third-order valence-electron chi connectivity index (χ3n) is 2.75. The molecule has 0 aromatic carbocycles. The summed E-state index contributed by atoms with van der Waals surface area (Å²) in [5.74, 6) is 1.65. The highest BCUT2D eigenvalue weighted by Gasteiger charge is 2.14. The summed E-state index contributed by atoms with van der Waals surface area (Å²) in [6.07, 6.45) is 7.17. The molecular weight excluding hydrogens is 216 g/mol. The topological polar surface area (TPSA) is 51.2 Å². The van der Waals surface area contributed by atoms with Crippen LogP contribution in [-0.4, -0.2) is 14.7 Å². The summed E-state index contributed by atoms with van der Waals surface area (Å²) in [6.45, 7) is 3.01. The first-order valence-electron chi connectivity index (χ1n) is 6.02. The molecule has 0 aliphatic heterocycles. The Morgan fingerprint density at radius 2 is 2.41 bits per heavy atom. The van der Waals surface area contributed by atoms with Crippen LogP contribution in [0.25, 0.3) is 0 Å². The summed E-state index contributed by atoms with van der Waals surface area (Å²) >= 11 is 0. The molecule has 2 aromatic rings. The van der Waals surface area contributed by atoms with E-state index in [4.69, 9.17) is 4.42 Å². The second kappa shape index (κ2) is 5.68. The number of imidazole rings is 1. The first-order chi connectivity index (χ1) is 8.31. The van der Waals surface area contributed by atoms with Gasteiger partial charge in [-0.2, -0.15) is 0 Å². The van der Waals surface area contributed by atoms with Gasteiger partial charge in [0.05, 0.1) is 6.26 Å². The summed E-state index contributed by atoms with van der Waals surface area (Å²) in [5, 5.41) is 10.1. The van der Waals surface area contributed by atoms with Crippen molar-refractivity contribution in [2.24, 2.45) is 0 Å². The molecule has 0 spiro atoms. The molecule has 0 saturated carbocycles. The quantitative estimate of drug-likeness (QED) is 0.835. The number of furan rings is 1. The Kier molecular flexibility index (Phi) is 3.98. The van der Waals surface area contributed by atoms with Crippen LogP contribution in [0.2, 0.25) is 0 Å². The van der Waals surface area contributed by atoms with Gasteiger partial charge in [-0.05, 0) is 25.0 Å². The molecule has 0 fully saturated rings. The molecule has 0 amide bonds. The average molecular weight is 234 g/mol. The van der Waals surface area contributed by atoms with E-state index in [0.29, 0.717) is 6.42 Å². The fourth-order valence-electron chi connectivity index (χ4n) is 1.91. The Labute approximate surface area is 101 Å². The minimum Gasteiger partial charge on any atom is -0.469 e. The predicted molar refractivity (Wildman–Crippen MR) is 64.5 cm³/mol. The largest absolute Gasteiger partial charge is 0.469 e. The van der Waals surface area contributed by atoms with Gasteiger partial charge in [0.1, 0.15) is 17.7 Å². The van der Waals surface area contributed by atoms with E-state index in [1.165, 1.54) is 0 Å². The van der Waals surface area contributed by atoms with Gasteiger partial charge < -0.3 is 14.1 Å². The van der Waals surface area contributed by atoms with Gasteiger partial charge in [-0.25, -0.2) is 4.98 Å². The van der Waals surface area contributed by atoms with E-state index in [1.54, 1.807) is 12.5 Å². The van der Waals surface area contributed by atoms with Gasteiger partial charge in [0.15, 0.2) is 0 Å². The lowest BCUT2D eigenvalue weighted by atomic mass is 10.1. The number of rotatable bonds is 6. The third-order valence-corrected chi connectivity index (χ3v) is 2.75. The Bertz CT molecular complexity index is 434. The summed E-state index contributed by atoms with van der Waals surface area (Å²) in [6, 6.07) is 3.78. The highest BCUT2D eigenvalue weighted by Crippen LogP contribution is 2.18. The molecule has 0 bridgehead atoms. The van der Waals surface area contributed by atoms with E-state index in [-0.39, 0.29) is 0 Å². The molecule has 92 valence electrons. The highest BCUT2D eigenvalue weighted by atomic mass is 16.3. The average Bonchev–Trinajstić information content (AvgIpc) is 2.97. The molecule has 0 aliphatic rings. The Morgan fingerprint density at radius 3 is 3.12 bits per heavy atom. The smallest absolute Gasteiger partial charge is 0.137 e. The van der Waals surface area contributed by atoms with Crippen LogP contribution in [0.4, 0.5) is 0 Å². The van der Waals surface area contributed by atoms with Crippen molar-refractivity contribution in [2.75, 3.05) is 0 Å². The molecule has 4 heteroatoms. The van der Waals surface area contributed by atoms with E-state index in [0.717, 1.165) is 31.0 Å². The maximum atomic E-state index is 10.1. The zero-order valence-electron chi connectivity index (χ0n) is 10.0. The molecular formula is C13H18N2O2. The van der Waals surface area contributed by atoms with Crippen molar-refractivity contribution in [3.63, 3.8) is 0 Å². The number of hydrogen-bond donors (Lipinski definition) is 1. The fourth-order valence-corrected chi connectivity index (χ4v) is 1.91. The van der Waals surface area contributed by atoms with Crippen molar-refractivity contribution in [2.45, 2.75) is 38.8 Å². The second-order valence-electron chi connectivity index (χ2n) is 4.11. The molecule has 4 nitrogen and oxygen atoms in total. The SMILES string of the molecule is CCCn1ccnc1C(O)CCc1ccco1. The van der Waals surface area contributed by atoms with Crippen molar-refractivity contribution in [3.8, 4) is 0 Å². The molecule has 1 atom stereocenters. The maximum Gasteiger partial charge on any atom is 0.137 e. The minimum atomic E-state index is -0.526. The second-order valence-corrected chi connectivity index (χ2v) is 4.11. The molecule has 2 rings (SSSR count). The summed E-state index contributed by atoms with van der Waals surface area (Å²) in [7, 11) is 0. The lowest BCUT2D eigenvalue weighted by molar-refractivity contribution is 0.151. The monoisotopic (exact) mass is 234 g/mol. The predicted octanol–water partition coefficient (Wildman–Crippen LogP) is 2.55. The lowest BCUT2D eigenvalue weighted by Gasteiger charge is -2.11. The van der Waals surface area contributed by atoms with Crippen LogP contribution in [0.5, 0.6) is 0 Å². The van der Waals surface area contributed by atoms with Crippen LogP contribution in [-0.2, 0) is 13.0 Å². The lowest BCUT2D eigenvalue weighted by Crippen LogP contribution is -2.09. The van der Waals surface area contributed by atoms with E-state index >= 15 is 0 Å². The number of aryl methyl sites for hydroxylation is 2. The Balaban J connectivity index is 1.94. The van der Waals surface area contributed by atoms with Crippen LogP contribution in [0, 0.1) is 0 Å². The van der Waals surface area contributed by atoms with Gasteiger partial charge in [-0.3, -0.25) is 0 Å². The highest BCUT2D eigenvalue weighted by molar-refractivity contribution is 5.01. The van der Waals surface area contributed by atoms with Crippen molar-refractivity contribution < 1.29 is 9.52 Å². The maximum absolute atomic E-state index is 10.1. The minimum absolute atomic E-state index is 0.526. The number of nitrogens with zero attached hydrogens (tertiary/aromatic N) is 2. The molecule has 0 radical (unpaired) electrons. The van der Waals surface area contributed by atoms with E-state index in [2.05, 4.69) is 11.9 Å². The van der Waals surface area contributed by atoms with Crippen molar-refractivity contribution in [1.29, 1.82) is 0 Å². The van der Waals surface area contributed by atoms with Gasteiger partial charge >= 0.3 is 0 Å². The molecule has 2 aromatic heterocycles. The van der Waals surface area contributed by atoms with Gasteiger partial charge in [0, 0.05) is 25.4 Å². The molecule has 17 heavy (non-hydrogen) atoms. The van der Waals surface area contributed by atoms with Crippen LogP contribution in [0.15, 0.2) is 35.2 Å². The molecule has 1 N–H and O–H groups in total. The van der Waals surface area contributed by atoms with Gasteiger partial charge in [-0.1, -0.05) is 6.92 Å². The van der Waals surface area contributed by atoms with Crippen LogP contribution < -0.4 is 0 Å². The van der Waals surface area contributed by atoms with E-state index in [1.807, 2.05) is 22.9 Å². The normalized spacial score (nSPS) is 12.8. The zero-order valence-corrected chi connectivity index (χ0v) is 10.0. The Morgan fingerprint density at radius 1 is 1.53 bits per heavy atom. The standard InChI is InChI=1S/C13H18N2O2/c1-2-8-15-9-7-14-13(15)12(16)6-5-11-4-3-10-17-11/h3-4,7,9-10,12,16H,2,5-6,8H2,1H3. The fraction of sp³-hybridized carbons (Fsp3) is 0.462. The summed E-state index contributed by atoms with van der Waals surface area (Å²) < 4.78 is 7.25. The first-order valence-corrected chi connectivity index (χ1v) is 6.02. The molecule has 2 heterocycles. The summed E-state index contributed by atoms with van der Waals surface area (Å²) in [5.41, 5.74) is 0. The Hall–Kier alpha value is -1.55. The van der Waals surface area contributed by atoms with E-state index in [9.17, 15) is 5.11 Å². The third kappa shape index (κ3) is 2.97. The summed E-state index contributed by atoms with van der Waals surface area (Å²) in [4.78, 5) is 4.22. The van der Waals surface area contributed by atoms with Crippen molar-refractivity contribution in [1.82, 2.24) is 9.55 Å². The number of hydrogen-bond acceptors (Lipinski definition) is 3. The number of aliphatic hydroxyl groups is 1. The van der Waals surface area contributed by atoms with Gasteiger partial charge in [0.25, 0.3) is 0 Å². The van der Waals surface area contributed by atoms with Crippen LogP contribution in [0.3, 0.4) is 0 Å². The van der Waals surface area contributed by atoms with Crippen molar-refractivity contribution in [3.05, 3.63) is 42.4 Å². The first kappa shape index (κ1) is 11.9. The van der Waals surface area contributed by atoms with Crippen LogP contribution >= 0.6 is 0 Å².